The van der Waals surface area contributed by atoms with Crippen LogP contribution >= 0.6 is 34.5 Å². The van der Waals surface area contributed by atoms with Crippen LogP contribution in [0.15, 0.2) is 55.0 Å². The van der Waals surface area contributed by atoms with Gasteiger partial charge in [-0.15, -0.1) is 0 Å². The number of hydrogen-bond acceptors (Lipinski definition) is 7. The van der Waals surface area contributed by atoms with Gasteiger partial charge in [-0.05, 0) is 36.8 Å². The maximum atomic E-state index is 13.2. The molecule has 4 rings (SSSR count). The molecule has 1 amide bonds. The van der Waals surface area contributed by atoms with Gasteiger partial charge in [0.25, 0.3) is 5.91 Å². The Balaban J connectivity index is 1.59. The fourth-order valence-electron chi connectivity index (χ4n) is 3.48. The van der Waals surface area contributed by atoms with Crippen LogP contribution in [-0.2, 0) is 0 Å². The average molecular weight is 527 g/mol. The number of Topliss-reactive ketones (excluding diaryl/α,β-unsaturated/α-hetero) is 1. The lowest BCUT2D eigenvalue weighted by molar-refractivity contribution is 0.0968. The first kappa shape index (κ1) is 24.8. The third kappa shape index (κ3) is 5.51. The number of pyridine rings is 2. The van der Waals surface area contributed by atoms with E-state index in [0.717, 1.165) is 16.9 Å². The SMILES string of the molecule is COc1cnc(Cl)cc1-c1cc(C)ncc1C(=O)Nc1ncc(C(=O)[C@H](C)c2ccc(Cl)cc2)s1. The maximum absolute atomic E-state index is 13.2. The highest BCUT2D eigenvalue weighted by Gasteiger charge is 2.22. The molecule has 0 radical (unpaired) electrons. The molecule has 7 nitrogen and oxygen atoms in total. The van der Waals surface area contributed by atoms with Crippen LogP contribution in [0.1, 0.15) is 44.1 Å². The number of thiazole rings is 1. The van der Waals surface area contributed by atoms with Crippen molar-refractivity contribution in [2.45, 2.75) is 19.8 Å². The van der Waals surface area contributed by atoms with Gasteiger partial charge in [0.15, 0.2) is 10.9 Å². The topological polar surface area (TPSA) is 94.1 Å². The van der Waals surface area contributed by atoms with Crippen LogP contribution in [-0.4, -0.2) is 33.8 Å². The summed E-state index contributed by atoms with van der Waals surface area (Å²) in [5.41, 5.74) is 3.05. The Bertz CT molecular complexity index is 1410. The Hall–Kier alpha value is -3.33. The van der Waals surface area contributed by atoms with Crippen LogP contribution in [0.4, 0.5) is 5.13 Å². The summed E-state index contributed by atoms with van der Waals surface area (Å²) in [6, 6.07) is 10.5. The second-order valence-electron chi connectivity index (χ2n) is 7.70. The molecule has 0 aliphatic carbocycles. The zero-order valence-electron chi connectivity index (χ0n) is 19.0. The number of aryl methyl sites for hydroxylation is 1. The van der Waals surface area contributed by atoms with Crippen molar-refractivity contribution in [2.24, 2.45) is 0 Å². The molecule has 0 saturated carbocycles. The van der Waals surface area contributed by atoms with Crippen LogP contribution in [0.2, 0.25) is 10.2 Å². The van der Waals surface area contributed by atoms with Crippen molar-refractivity contribution < 1.29 is 14.3 Å². The molecule has 0 bridgehead atoms. The molecule has 1 aromatic carbocycles. The fraction of sp³-hybridized carbons (Fsp3) is 0.160. The standard InChI is InChI=1S/C25H20Cl2N4O3S/c1-13-8-17(18-9-22(27)29-11-20(18)34-3)19(10-28-13)24(33)31-25-30-12-21(35-25)23(32)14(2)15-4-6-16(26)7-5-15/h4-12,14H,1-3H3,(H,30,31,33)/t14-/m1/s1. The van der Waals surface area contributed by atoms with Gasteiger partial charge in [0.05, 0.1) is 29.9 Å². The van der Waals surface area contributed by atoms with Gasteiger partial charge in [-0.2, -0.15) is 0 Å². The van der Waals surface area contributed by atoms with E-state index in [1.54, 1.807) is 24.3 Å². The minimum atomic E-state index is -0.429. The summed E-state index contributed by atoms with van der Waals surface area (Å²) in [5, 5.41) is 3.94. The highest BCUT2D eigenvalue weighted by molar-refractivity contribution is 7.17. The van der Waals surface area contributed by atoms with Gasteiger partial charge < -0.3 is 4.74 Å². The molecule has 4 aromatic rings. The number of nitrogens with zero attached hydrogens (tertiary/aromatic N) is 3. The van der Waals surface area contributed by atoms with Gasteiger partial charge in [-0.25, -0.2) is 9.97 Å². The minimum absolute atomic E-state index is 0.0980. The predicted molar refractivity (Wildman–Crippen MR) is 138 cm³/mol. The van der Waals surface area contributed by atoms with E-state index in [9.17, 15) is 9.59 Å². The summed E-state index contributed by atoms with van der Waals surface area (Å²) in [6.45, 7) is 3.64. The number of halogens is 2. The molecule has 3 aromatic heterocycles. The summed E-state index contributed by atoms with van der Waals surface area (Å²) in [4.78, 5) is 39.1. The smallest absolute Gasteiger partial charge is 0.259 e. The van der Waals surface area contributed by atoms with Crippen LogP contribution in [0.25, 0.3) is 11.1 Å². The Labute approximate surface area is 216 Å². The van der Waals surface area contributed by atoms with Crippen LogP contribution < -0.4 is 10.1 Å². The van der Waals surface area contributed by atoms with E-state index in [2.05, 4.69) is 20.3 Å². The van der Waals surface area contributed by atoms with E-state index in [1.807, 2.05) is 26.0 Å². The van der Waals surface area contributed by atoms with Crippen LogP contribution in [0.5, 0.6) is 5.75 Å². The lowest BCUT2D eigenvalue weighted by Gasteiger charge is -2.13. The average Bonchev–Trinajstić information content (AvgIpc) is 3.31. The number of carbonyl (C=O) groups is 2. The normalized spacial score (nSPS) is 11.7. The molecule has 0 unspecified atom stereocenters. The highest BCUT2D eigenvalue weighted by atomic mass is 35.5. The number of ether oxygens (including phenoxy) is 1. The number of aromatic nitrogens is 3. The molecule has 0 aliphatic heterocycles. The van der Waals surface area contributed by atoms with Gasteiger partial charge >= 0.3 is 0 Å². The summed E-state index contributed by atoms with van der Waals surface area (Å²) < 4.78 is 5.41. The largest absolute Gasteiger partial charge is 0.494 e. The Morgan fingerprint density at radius 1 is 1.00 bits per heavy atom. The summed E-state index contributed by atoms with van der Waals surface area (Å²) in [7, 11) is 1.52. The van der Waals surface area contributed by atoms with Crippen molar-refractivity contribution in [1.29, 1.82) is 0 Å². The quantitative estimate of drug-likeness (QED) is 0.219. The van der Waals surface area contributed by atoms with Crippen molar-refractivity contribution in [3.8, 4) is 16.9 Å². The van der Waals surface area contributed by atoms with Gasteiger partial charge in [-0.3, -0.25) is 19.9 Å². The third-order valence-electron chi connectivity index (χ3n) is 5.36. The summed E-state index contributed by atoms with van der Waals surface area (Å²) in [6.07, 6.45) is 4.45. The van der Waals surface area contributed by atoms with Crippen molar-refractivity contribution >= 4 is 51.4 Å². The number of methoxy groups -OCH3 is 1. The fourth-order valence-corrected chi connectivity index (χ4v) is 4.60. The number of ketones is 1. The first-order valence-corrected chi connectivity index (χ1v) is 12.1. The number of hydrogen-bond donors (Lipinski definition) is 1. The van der Waals surface area contributed by atoms with Crippen LogP contribution in [0, 0.1) is 6.92 Å². The molecular formula is C25H20Cl2N4O3S. The van der Waals surface area contributed by atoms with E-state index >= 15 is 0 Å². The molecule has 178 valence electrons. The number of amides is 1. The van der Waals surface area contributed by atoms with Crippen molar-refractivity contribution in [2.75, 3.05) is 12.4 Å². The monoisotopic (exact) mass is 526 g/mol. The van der Waals surface area contributed by atoms with E-state index in [-0.39, 0.29) is 16.9 Å². The maximum Gasteiger partial charge on any atom is 0.259 e. The Morgan fingerprint density at radius 2 is 1.74 bits per heavy atom. The zero-order valence-corrected chi connectivity index (χ0v) is 21.3. The molecule has 0 aliphatic rings. The zero-order chi connectivity index (χ0) is 25.1. The molecule has 35 heavy (non-hydrogen) atoms. The Kier molecular flexibility index (Phi) is 7.45. The molecule has 10 heteroatoms. The van der Waals surface area contributed by atoms with Gasteiger partial charge in [0, 0.05) is 34.0 Å². The molecule has 0 spiro atoms. The minimum Gasteiger partial charge on any atom is -0.494 e. The second kappa shape index (κ2) is 10.5. The van der Waals surface area contributed by atoms with Crippen molar-refractivity contribution in [3.63, 3.8) is 0 Å². The van der Waals surface area contributed by atoms with Gasteiger partial charge in [0.2, 0.25) is 0 Å². The summed E-state index contributed by atoms with van der Waals surface area (Å²) in [5.74, 6) is -0.443. The second-order valence-corrected chi connectivity index (χ2v) is 9.55. The summed E-state index contributed by atoms with van der Waals surface area (Å²) >= 11 is 13.2. The van der Waals surface area contributed by atoms with Crippen molar-refractivity contribution in [3.05, 3.63) is 86.9 Å². The predicted octanol–water partition coefficient (Wildman–Crippen LogP) is 6.46. The van der Waals surface area contributed by atoms with E-state index in [4.69, 9.17) is 27.9 Å². The lowest BCUT2D eigenvalue weighted by atomic mass is 9.96. The first-order valence-electron chi connectivity index (χ1n) is 10.5. The molecule has 1 N–H and O–H groups in total. The van der Waals surface area contributed by atoms with Crippen molar-refractivity contribution in [1.82, 2.24) is 15.0 Å². The van der Waals surface area contributed by atoms with E-state index < -0.39 is 5.91 Å². The number of carbonyl (C=O) groups excluding carboxylic acids is 2. The van der Waals surface area contributed by atoms with E-state index in [0.29, 0.717) is 43.2 Å². The highest BCUT2D eigenvalue weighted by Crippen LogP contribution is 2.34. The third-order valence-corrected chi connectivity index (χ3v) is 6.75. The first-order chi connectivity index (χ1) is 16.8. The number of rotatable bonds is 7. The van der Waals surface area contributed by atoms with Gasteiger partial charge in [0.1, 0.15) is 10.9 Å². The van der Waals surface area contributed by atoms with E-state index in [1.165, 1.54) is 25.7 Å². The number of anilines is 1. The number of nitrogens with one attached hydrogen (secondary N) is 1. The van der Waals surface area contributed by atoms with Crippen LogP contribution in [0.3, 0.4) is 0 Å². The Morgan fingerprint density at radius 3 is 2.46 bits per heavy atom. The lowest BCUT2D eigenvalue weighted by Crippen LogP contribution is -2.14. The number of benzene rings is 1. The molecular weight excluding hydrogens is 507 g/mol. The van der Waals surface area contributed by atoms with Gasteiger partial charge in [-0.1, -0.05) is 53.6 Å². The molecule has 0 saturated heterocycles. The molecule has 1 atom stereocenters. The molecule has 0 fully saturated rings. The molecule has 3 heterocycles.